The molecule has 30 heavy (non-hydrogen) atoms. The Kier molecular flexibility index (Phi) is 6.50. The van der Waals surface area contributed by atoms with Gasteiger partial charge >= 0.3 is 6.18 Å². The topological polar surface area (TPSA) is 59.8 Å². The number of rotatable bonds is 6. The molecule has 0 spiro atoms. The van der Waals surface area contributed by atoms with Gasteiger partial charge in [-0.05, 0) is 44.0 Å². The Hall–Kier alpha value is -2.81. The van der Waals surface area contributed by atoms with E-state index in [4.69, 9.17) is 0 Å². The monoisotopic (exact) mass is 434 g/mol. The lowest BCUT2D eigenvalue weighted by atomic mass is 10.1. The number of hydrogen-bond acceptors (Lipinski definition) is 4. The van der Waals surface area contributed by atoms with E-state index in [0.29, 0.717) is 11.0 Å². The minimum atomic E-state index is -4.46. The van der Waals surface area contributed by atoms with Crippen LogP contribution in [0.4, 0.5) is 13.2 Å². The summed E-state index contributed by atoms with van der Waals surface area (Å²) in [4.78, 5) is 12.1. The molecular weight excluding hydrogens is 413 g/mol. The maximum Gasteiger partial charge on any atom is 0.405 e. The Balaban J connectivity index is 1.96. The molecule has 5 nitrogen and oxygen atoms in total. The summed E-state index contributed by atoms with van der Waals surface area (Å²) in [5, 5.41) is 10.1. The maximum absolute atomic E-state index is 12.4. The largest absolute Gasteiger partial charge is 0.405 e. The molecule has 3 aromatic rings. The summed E-state index contributed by atoms with van der Waals surface area (Å²) in [6.45, 7) is 4.17. The molecule has 9 heteroatoms. The number of alkyl halides is 3. The highest BCUT2D eigenvalue weighted by Gasteiger charge is 2.29. The van der Waals surface area contributed by atoms with Crippen molar-refractivity contribution in [2.45, 2.75) is 37.4 Å². The first-order valence-corrected chi connectivity index (χ1v) is 10.1. The van der Waals surface area contributed by atoms with Crippen LogP contribution in [0, 0.1) is 13.8 Å². The number of thioether (sulfide) groups is 1. The molecular formula is C21H21F3N4OS. The van der Waals surface area contributed by atoms with Crippen LogP contribution in [0.2, 0.25) is 0 Å². The summed E-state index contributed by atoms with van der Waals surface area (Å²) < 4.78 is 39.0. The van der Waals surface area contributed by atoms with Crippen molar-refractivity contribution in [1.82, 2.24) is 20.1 Å². The molecule has 3 rings (SSSR count). The highest BCUT2D eigenvalue weighted by Crippen LogP contribution is 2.31. The second kappa shape index (κ2) is 8.91. The van der Waals surface area contributed by atoms with Gasteiger partial charge in [-0.15, -0.1) is 10.2 Å². The number of amides is 1. The standard InChI is InChI=1S/C21H21F3N4OS/c1-13-9-10-17(11-14(13)2)28-18(16-7-5-4-6-8-16)26-27-20(28)30-15(3)19(29)25-12-21(22,23)24/h4-11,15H,12H2,1-3H3,(H,25,29). The number of carbonyl (C=O) groups is 1. The summed E-state index contributed by atoms with van der Waals surface area (Å²) in [6, 6.07) is 15.4. The molecule has 0 radical (unpaired) electrons. The van der Waals surface area contributed by atoms with Gasteiger partial charge in [-0.3, -0.25) is 9.36 Å². The molecule has 0 saturated heterocycles. The minimum Gasteiger partial charge on any atom is -0.346 e. The Morgan fingerprint density at radius 3 is 2.43 bits per heavy atom. The third-order valence-electron chi connectivity index (χ3n) is 4.53. The van der Waals surface area contributed by atoms with E-state index in [9.17, 15) is 18.0 Å². The first-order chi connectivity index (χ1) is 14.2. The van der Waals surface area contributed by atoms with Gasteiger partial charge < -0.3 is 5.32 Å². The van der Waals surface area contributed by atoms with E-state index in [1.165, 1.54) is 6.92 Å². The molecule has 1 amide bonds. The van der Waals surface area contributed by atoms with Gasteiger partial charge in [0.15, 0.2) is 11.0 Å². The summed E-state index contributed by atoms with van der Waals surface area (Å²) in [5.74, 6) is -0.127. The molecule has 0 fully saturated rings. The summed E-state index contributed by atoms with van der Waals surface area (Å²) in [5.41, 5.74) is 3.85. The van der Waals surface area contributed by atoms with E-state index in [0.717, 1.165) is 34.1 Å². The van der Waals surface area contributed by atoms with E-state index in [1.807, 2.05) is 72.3 Å². The SMILES string of the molecule is Cc1ccc(-n2c(SC(C)C(=O)NCC(F)(F)F)nnc2-c2ccccc2)cc1C. The Morgan fingerprint density at radius 2 is 1.80 bits per heavy atom. The van der Waals surface area contributed by atoms with Crippen LogP contribution in [0.5, 0.6) is 0 Å². The molecule has 158 valence electrons. The van der Waals surface area contributed by atoms with Crippen molar-refractivity contribution in [3.8, 4) is 17.1 Å². The van der Waals surface area contributed by atoms with Crippen LogP contribution in [-0.4, -0.2) is 38.6 Å². The van der Waals surface area contributed by atoms with Gasteiger partial charge in [-0.1, -0.05) is 48.2 Å². The lowest BCUT2D eigenvalue weighted by Gasteiger charge is -2.15. The zero-order chi connectivity index (χ0) is 21.9. The van der Waals surface area contributed by atoms with Crippen LogP contribution < -0.4 is 5.32 Å². The number of aromatic nitrogens is 3. The van der Waals surface area contributed by atoms with E-state index < -0.39 is 23.9 Å². The summed E-state index contributed by atoms with van der Waals surface area (Å²) in [6.07, 6.45) is -4.46. The van der Waals surface area contributed by atoms with Crippen molar-refractivity contribution in [3.05, 3.63) is 59.7 Å². The lowest BCUT2D eigenvalue weighted by molar-refractivity contribution is -0.137. The smallest absolute Gasteiger partial charge is 0.346 e. The van der Waals surface area contributed by atoms with Gasteiger partial charge in [-0.2, -0.15) is 13.2 Å². The quantitative estimate of drug-likeness (QED) is 0.571. The first-order valence-electron chi connectivity index (χ1n) is 9.25. The normalized spacial score (nSPS) is 12.6. The van der Waals surface area contributed by atoms with Crippen LogP contribution in [0.3, 0.4) is 0 Å². The zero-order valence-corrected chi connectivity index (χ0v) is 17.5. The van der Waals surface area contributed by atoms with Crippen molar-refractivity contribution < 1.29 is 18.0 Å². The van der Waals surface area contributed by atoms with Gasteiger partial charge in [0.25, 0.3) is 0 Å². The molecule has 0 bridgehead atoms. The highest BCUT2D eigenvalue weighted by molar-refractivity contribution is 8.00. The van der Waals surface area contributed by atoms with Crippen molar-refractivity contribution >= 4 is 17.7 Å². The van der Waals surface area contributed by atoms with E-state index in [-0.39, 0.29) is 0 Å². The third kappa shape index (κ3) is 5.21. The first kappa shape index (κ1) is 21.9. The second-order valence-corrected chi connectivity index (χ2v) is 8.18. The van der Waals surface area contributed by atoms with Crippen molar-refractivity contribution in [3.63, 3.8) is 0 Å². The average Bonchev–Trinajstić information content (AvgIpc) is 3.11. The fourth-order valence-electron chi connectivity index (χ4n) is 2.76. The van der Waals surface area contributed by atoms with Crippen LogP contribution >= 0.6 is 11.8 Å². The predicted molar refractivity (Wildman–Crippen MR) is 111 cm³/mol. The van der Waals surface area contributed by atoms with Gasteiger partial charge in [0.1, 0.15) is 6.54 Å². The van der Waals surface area contributed by atoms with Crippen LogP contribution in [-0.2, 0) is 4.79 Å². The molecule has 1 aromatic heterocycles. The van der Waals surface area contributed by atoms with Crippen molar-refractivity contribution in [2.24, 2.45) is 0 Å². The molecule has 1 N–H and O–H groups in total. The lowest BCUT2D eigenvalue weighted by Crippen LogP contribution is -2.38. The number of halogens is 3. The molecule has 0 aliphatic carbocycles. The third-order valence-corrected chi connectivity index (χ3v) is 5.57. The molecule has 0 aliphatic heterocycles. The van der Waals surface area contributed by atoms with Crippen LogP contribution in [0.1, 0.15) is 18.1 Å². The number of carbonyl (C=O) groups excluding carboxylic acids is 1. The average molecular weight is 434 g/mol. The second-order valence-electron chi connectivity index (χ2n) is 6.87. The van der Waals surface area contributed by atoms with E-state index >= 15 is 0 Å². The predicted octanol–water partition coefficient (Wildman–Crippen LogP) is 4.71. The molecule has 1 heterocycles. The van der Waals surface area contributed by atoms with Crippen LogP contribution in [0.25, 0.3) is 17.1 Å². The van der Waals surface area contributed by atoms with E-state index in [1.54, 1.807) is 0 Å². The Morgan fingerprint density at radius 1 is 1.10 bits per heavy atom. The Labute approximate surface area is 176 Å². The highest BCUT2D eigenvalue weighted by atomic mass is 32.2. The summed E-state index contributed by atoms with van der Waals surface area (Å²) in [7, 11) is 0. The number of benzene rings is 2. The van der Waals surface area contributed by atoms with E-state index in [2.05, 4.69) is 10.2 Å². The molecule has 0 saturated carbocycles. The number of aryl methyl sites for hydroxylation is 2. The fraction of sp³-hybridized carbons (Fsp3) is 0.286. The molecule has 1 atom stereocenters. The molecule has 0 aliphatic rings. The van der Waals surface area contributed by atoms with Crippen molar-refractivity contribution in [2.75, 3.05) is 6.54 Å². The zero-order valence-electron chi connectivity index (χ0n) is 16.7. The fourth-order valence-corrected chi connectivity index (χ4v) is 3.65. The molecule has 1 unspecified atom stereocenters. The van der Waals surface area contributed by atoms with Gasteiger partial charge in [-0.25, -0.2) is 0 Å². The van der Waals surface area contributed by atoms with Gasteiger partial charge in [0.05, 0.1) is 10.9 Å². The van der Waals surface area contributed by atoms with Gasteiger partial charge in [0, 0.05) is 5.56 Å². The number of hydrogen-bond donors (Lipinski definition) is 1. The van der Waals surface area contributed by atoms with Crippen LogP contribution in [0.15, 0.2) is 53.7 Å². The number of nitrogens with one attached hydrogen (secondary N) is 1. The molecule has 2 aromatic carbocycles. The Bertz CT molecular complexity index is 1030. The minimum absolute atomic E-state index is 0.423. The van der Waals surface area contributed by atoms with Crippen molar-refractivity contribution in [1.29, 1.82) is 0 Å². The van der Waals surface area contributed by atoms with Gasteiger partial charge in [0.2, 0.25) is 5.91 Å². The maximum atomic E-state index is 12.4. The summed E-state index contributed by atoms with van der Waals surface area (Å²) >= 11 is 1.06. The number of nitrogens with zero attached hydrogens (tertiary/aromatic N) is 3.